The Labute approximate surface area is 92.1 Å². The lowest BCUT2D eigenvalue weighted by atomic mass is 9.69. The SMILES string of the molecule is C=CC(=O)N[C@@H]1C[C@@H]2CC[C@]1(C)C2(C)C. The van der Waals surface area contributed by atoms with Crippen LogP contribution in [0.5, 0.6) is 0 Å². The molecule has 2 saturated carbocycles. The average molecular weight is 207 g/mol. The van der Waals surface area contributed by atoms with Gasteiger partial charge < -0.3 is 5.32 Å². The van der Waals surface area contributed by atoms with E-state index in [1.807, 2.05) is 0 Å². The predicted octanol–water partition coefficient (Wildman–Crippen LogP) is 2.50. The molecule has 1 amide bonds. The van der Waals surface area contributed by atoms with Crippen molar-refractivity contribution in [1.29, 1.82) is 0 Å². The molecule has 2 fully saturated rings. The minimum absolute atomic E-state index is 0.0235. The van der Waals surface area contributed by atoms with Crippen molar-refractivity contribution >= 4 is 5.91 Å². The zero-order valence-electron chi connectivity index (χ0n) is 9.97. The lowest BCUT2D eigenvalue weighted by molar-refractivity contribution is -0.118. The minimum Gasteiger partial charge on any atom is -0.349 e. The van der Waals surface area contributed by atoms with E-state index in [2.05, 4.69) is 32.7 Å². The van der Waals surface area contributed by atoms with Gasteiger partial charge in [-0.2, -0.15) is 0 Å². The molecule has 0 spiro atoms. The van der Waals surface area contributed by atoms with Crippen molar-refractivity contribution in [2.75, 3.05) is 0 Å². The molecule has 3 atom stereocenters. The summed E-state index contributed by atoms with van der Waals surface area (Å²) in [5.74, 6) is 0.752. The second kappa shape index (κ2) is 3.10. The Morgan fingerprint density at radius 2 is 2.13 bits per heavy atom. The van der Waals surface area contributed by atoms with Crippen LogP contribution in [0.3, 0.4) is 0 Å². The third kappa shape index (κ3) is 1.27. The molecule has 15 heavy (non-hydrogen) atoms. The summed E-state index contributed by atoms with van der Waals surface area (Å²) in [5.41, 5.74) is 0.641. The molecule has 2 bridgehead atoms. The molecular weight excluding hydrogens is 186 g/mol. The van der Waals surface area contributed by atoms with E-state index in [0.717, 1.165) is 12.3 Å². The number of fused-ring (bicyclic) bond motifs is 2. The summed E-state index contributed by atoms with van der Waals surface area (Å²) in [6, 6.07) is 0.344. The van der Waals surface area contributed by atoms with Gasteiger partial charge in [0.15, 0.2) is 0 Å². The van der Waals surface area contributed by atoms with Crippen LogP contribution in [0, 0.1) is 16.7 Å². The Morgan fingerprint density at radius 3 is 2.53 bits per heavy atom. The maximum Gasteiger partial charge on any atom is 0.243 e. The van der Waals surface area contributed by atoms with Crippen LogP contribution in [0.4, 0.5) is 0 Å². The summed E-state index contributed by atoms with van der Waals surface area (Å²) < 4.78 is 0. The first kappa shape index (κ1) is 10.7. The van der Waals surface area contributed by atoms with Gasteiger partial charge in [-0.15, -0.1) is 0 Å². The van der Waals surface area contributed by atoms with Gasteiger partial charge in [0.2, 0.25) is 5.91 Å². The van der Waals surface area contributed by atoms with E-state index in [1.165, 1.54) is 18.9 Å². The summed E-state index contributed by atoms with van der Waals surface area (Å²) in [5, 5.41) is 3.10. The number of nitrogens with one attached hydrogen (secondary N) is 1. The fraction of sp³-hybridized carbons (Fsp3) is 0.769. The molecule has 1 N–H and O–H groups in total. The van der Waals surface area contributed by atoms with Crippen molar-refractivity contribution in [3.8, 4) is 0 Å². The maximum atomic E-state index is 11.4. The number of carbonyl (C=O) groups excluding carboxylic acids is 1. The number of hydrogen-bond acceptors (Lipinski definition) is 1. The van der Waals surface area contributed by atoms with Crippen molar-refractivity contribution in [3.05, 3.63) is 12.7 Å². The topological polar surface area (TPSA) is 29.1 Å². The molecule has 0 aromatic carbocycles. The monoisotopic (exact) mass is 207 g/mol. The maximum absolute atomic E-state index is 11.4. The Hall–Kier alpha value is -0.790. The van der Waals surface area contributed by atoms with Crippen molar-refractivity contribution in [3.63, 3.8) is 0 Å². The van der Waals surface area contributed by atoms with Gasteiger partial charge in [-0.1, -0.05) is 27.4 Å². The third-order valence-electron chi connectivity index (χ3n) is 5.30. The van der Waals surface area contributed by atoms with Crippen LogP contribution in [0.15, 0.2) is 12.7 Å². The Morgan fingerprint density at radius 1 is 1.47 bits per heavy atom. The van der Waals surface area contributed by atoms with Gasteiger partial charge in [0, 0.05) is 6.04 Å². The lowest BCUT2D eigenvalue weighted by Gasteiger charge is -2.39. The first-order valence-corrected chi connectivity index (χ1v) is 5.85. The summed E-state index contributed by atoms with van der Waals surface area (Å²) in [7, 11) is 0. The van der Waals surface area contributed by atoms with Crippen molar-refractivity contribution in [2.45, 2.75) is 46.1 Å². The Kier molecular flexibility index (Phi) is 2.21. The largest absolute Gasteiger partial charge is 0.349 e. The summed E-state index contributed by atoms with van der Waals surface area (Å²) in [6.07, 6.45) is 5.09. The summed E-state index contributed by atoms with van der Waals surface area (Å²) in [6.45, 7) is 10.5. The van der Waals surface area contributed by atoms with Gasteiger partial charge in [0.1, 0.15) is 0 Å². The van der Waals surface area contributed by atoms with E-state index in [-0.39, 0.29) is 11.3 Å². The van der Waals surface area contributed by atoms with Crippen LogP contribution in [0.2, 0.25) is 0 Å². The number of hydrogen-bond donors (Lipinski definition) is 1. The van der Waals surface area contributed by atoms with E-state index in [4.69, 9.17) is 0 Å². The smallest absolute Gasteiger partial charge is 0.243 e. The molecule has 0 saturated heterocycles. The predicted molar refractivity (Wildman–Crippen MR) is 61.4 cm³/mol. The number of carbonyl (C=O) groups is 1. The number of rotatable bonds is 2. The highest BCUT2D eigenvalue weighted by molar-refractivity contribution is 5.87. The Balaban J connectivity index is 2.19. The highest BCUT2D eigenvalue weighted by Crippen LogP contribution is 2.65. The van der Waals surface area contributed by atoms with Gasteiger partial charge in [0.05, 0.1) is 0 Å². The van der Waals surface area contributed by atoms with Gasteiger partial charge >= 0.3 is 0 Å². The van der Waals surface area contributed by atoms with E-state index < -0.39 is 0 Å². The quantitative estimate of drug-likeness (QED) is 0.693. The highest BCUT2D eigenvalue weighted by atomic mass is 16.1. The van der Waals surface area contributed by atoms with E-state index in [9.17, 15) is 4.79 Å². The van der Waals surface area contributed by atoms with Crippen molar-refractivity contribution in [2.24, 2.45) is 16.7 Å². The molecular formula is C13H21NO. The molecule has 2 nitrogen and oxygen atoms in total. The van der Waals surface area contributed by atoms with Crippen LogP contribution in [-0.4, -0.2) is 11.9 Å². The molecule has 0 aromatic rings. The Bertz CT molecular complexity index is 308. The standard InChI is InChI=1S/C13H21NO/c1-5-11(15)14-10-8-9-6-7-13(10,4)12(9,2)3/h5,9-10H,1,6-8H2,2-4H3,(H,14,15)/t9-,10+,13-/m0/s1. The van der Waals surface area contributed by atoms with Crippen molar-refractivity contribution in [1.82, 2.24) is 5.32 Å². The van der Waals surface area contributed by atoms with Gasteiger partial charge in [0.25, 0.3) is 0 Å². The molecule has 2 aliphatic rings. The van der Waals surface area contributed by atoms with Crippen LogP contribution in [-0.2, 0) is 4.79 Å². The third-order valence-corrected chi connectivity index (χ3v) is 5.30. The van der Waals surface area contributed by atoms with Crippen LogP contribution >= 0.6 is 0 Å². The normalized spacial score (nSPS) is 41.5. The van der Waals surface area contributed by atoms with E-state index >= 15 is 0 Å². The second-order valence-corrected chi connectivity index (χ2v) is 5.88. The highest BCUT2D eigenvalue weighted by Gasteiger charge is 2.61. The molecule has 0 aromatic heterocycles. The average Bonchev–Trinajstić information content (AvgIpc) is 2.50. The molecule has 2 rings (SSSR count). The number of amides is 1. The van der Waals surface area contributed by atoms with Gasteiger partial charge in [-0.05, 0) is 42.1 Å². The van der Waals surface area contributed by atoms with Crippen molar-refractivity contribution < 1.29 is 4.79 Å². The zero-order valence-corrected chi connectivity index (χ0v) is 9.97. The zero-order chi connectivity index (χ0) is 11.3. The van der Waals surface area contributed by atoms with E-state index in [0.29, 0.717) is 11.5 Å². The molecule has 0 radical (unpaired) electrons. The first-order valence-electron chi connectivity index (χ1n) is 5.85. The molecule has 2 aliphatic carbocycles. The van der Waals surface area contributed by atoms with Crippen LogP contribution < -0.4 is 5.32 Å². The lowest BCUT2D eigenvalue weighted by Crippen LogP contribution is -2.46. The fourth-order valence-electron chi connectivity index (χ4n) is 3.65. The van der Waals surface area contributed by atoms with Gasteiger partial charge in [-0.25, -0.2) is 0 Å². The second-order valence-electron chi connectivity index (χ2n) is 5.88. The molecule has 2 heteroatoms. The fourth-order valence-corrected chi connectivity index (χ4v) is 3.65. The van der Waals surface area contributed by atoms with Gasteiger partial charge in [-0.3, -0.25) is 4.79 Å². The summed E-state index contributed by atoms with van der Waals surface area (Å²) in [4.78, 5) is 11.4. The minimum atomic E-state index is -0.0235. The van der Waals surface area contributed by atoms with E-state index in [1.54, 1.807) is 0 Å². The first-order chi connectivity index (χ1) is 6.91. The van der Waals surface area contributed by atoms with Crippen LogP contribution in [0.1, 0.15) is 40.0 Å². The molecule has 0 unspecified atom stereocenters. The molecule has 0 heterocycles. The molecule has 0 aliphatic heterocycles. The van der Waals surface area contributed by atoms with Crippen LogP contribution in [0.25, 0.3) is 0 Å². The summed E-state index contributed by atoms with van der Waals surface area (Å²) >= 11 is 0. The molecule has 84 valence electrons.